The third-order valence-electron chi connectivity index (χ3n) is 2.98. The van der Waals surface area contributed by atoms with Crippen molar-refractivity contribution in [2.45, 2.75) is 26.0 Å². The summed E-state index contributed by atoms with van der Waals surface area (Å²) >= 11 is 0. The van der Waals surface area contributed by atoms with Crippen molar-refractivity contribution < 1.29 is 9.53 Å². The predicted molar refractivity (Wildman–Crippen MR) is 70.6 cm³/mol. The second kappa shape index (κ2) is 5.37. The highest BCUT2D eigenvalue weighted by molar-refractivity contribution is 5.97. The molecular weight excluding hydrogens is 230 g/mol. The molecule has 2 atom stereocenters. The maximum Gasteiger partial charge on any atom is 0.265 e. The largest absolute Gasteiger partial charge is 0.479 e. The summed E-state index contributed by atoms with van der Waals surface area (Å²) in [6.07, 6.45) is -0.446. The van der Waals surface area contributed by atoms with Crippen molar-refractivity contribution in [2.24, 2.45) is 5.73 Å². The minimum atomic E-state index is -0.446. The molecule has 4 N–H and O–H groups in total. The van der Waals surface area contributed by atoms with E-state index in [0.717, 1.165) is 12.1 Å². The third-order valence-corrected chi connectivity index (χ3v) is 2.98. The number of carbonyl (C=O) groups is 1. The monoisotopic (exact) mass is 249 g/mol. The lowest BCUT2D eigenvalue weighted by Crippen LogP contribution is -2.34. The van der Waals surface area contributed by atoms with Crippen molar-refractivity contribution in [3.8, 4) is 5.75 Å². The van der Waals surface area contributed by atoms with Gasteiger partial charge in [0, 0.05) is 12.6 Å². The third kappa shape index (κ3) is 2.63. The minimum absolute atomic E-state index is 0.0912. The number of hydrogen-bond donors (Lipinski definition) is 3. The summed E-state index contributed by atoms with van der Waals surface area (Å²) in [6, 6.07) is 5.57. The highest BCUT2D eigenvalue weighted by Gasteiger charge is 2.23. The molecule has 0 radical (unpaired) electrons. The Kier molecular flexibility index (Phi) is 3.84. The van der Waals surface area contributed by atoms with Gasteiger partial charge in [-0.1, -0.05) is 13.0 Å². The molecule has 0 saturated carbocycles. The Bertz CT molecular complexity index is 448. The van der Waals surface area contributed by atoms with E-state index >= 15 is 0 Å². The van der Waals surface area contributed by atoms with Crippen LogP contribution < -0.4 is 21.1 Å². The molecule has 0 fully saturated rings. The topological polar surface area (TPSA) is 76.4 Å². The van der Waals surface area contributed by atoms with Crippen LogP contribution in [-0.4, -0.2) is 25.1 Å². The maximum absolute atomic E-state index is 11.5. The van der Waals surface area contributed by atoms with Gasteiger partial charge in [0.15, 0.2) is 6.10 Å². The number of amides is 1. The van der Waals surface area contributed by atoms with Gasteiger partial charge in [0.1, 0.15) is 5.75 Å². The molecule has 0 aliphatic carbocycles. The van der Waals surface area contributed by atoms with Crippen molar-refractivity contribution in [3.63, 3.8) is 0 Å². The molecule has 1 aliphatic heterocycles. The van der Waals surface area contributed by atoms with Gasteiger partial charge in [-0.25, -0.2) is 0 Å². The molecule has 0 spiro atoms. The maximum atomic E-state index is 11.5. The molecule has 2 rings (SSSR count). The number of hydrogen-bond acceptors (Lipinski definition) is 4. The van der Waals surface area contributed by atoms with Gasteiger partial charge < -0.3 is 21.1 Å². The Labute approximate surface area is 107 Å². The normalized spacial score (nSPS) is 19.7. The number of nitrogens with two attached hydrogens (primary N) is 1. The van der Waals surface area contributed by atoms with Gasteiger partial charge in [-0.05, 0) is 31.2 Å². The van der Waals surface area contributed by atoms with Gasteiger partial charge in [-0.15, -0.1) is 0 Å². The summed E-state index contributed by atoms with van der Waals surface area (Å²) in [5.74, 6) is 0.571. The van der Waals surface area contributed by atoms with Crippen molar-refractivity contribution >= 4 is 11.6 Å². The SMILES string of the molecule is CCNCC(N)c1ccc2c(c1)NC(=O)C(C)O2. The molecule has 2 unspecified atom stereocenters. The number of rotatable bonds is 4. The van der Waals surface area contributed by atoms with E-state index in [2.05, 4.69) is 10.6 Å². The molecule has 0 aromatic heterocycles. The molecule has 0 bridgehead atoms. The van der Waals surface area contributed by atoms with Gasteiger partial charge in [0.25, 0.3) is 5.91 Å². The average molecular weight is 249 g/mol. The Morgan fingerprint density at radius 1 is 1.56 bits per heavy atom. The average Bonchev–Trinajstić information content (AvgIpc) is 2.36. The molecule has 1 amide bonds. The predicted octanol–water partition coefficient (Wildman–Crippen LogP) is 1.02. The Hall–Kier alpha value is -1.59. The summed E-state index contributed by atoms with van der Waals surface area (Å²) in [7, 11) is 0. The minimum Gasteiger partial charge on any atom is -0.479 e. The fourth-order valence-corrected chi connectivity index (χ4v) is 1.87. The van der Waals surface area contributed by atoms with E-state index in [1.807, 2.05) is 25.1 Å². The first-order valence-electron chi connectivity index (χ1n) is 6.19. The highest BCUT2D eigenvalue weighted by Crippen LogP contribution is 2.31. The lowest BCUT2D eigenvalue weighted by Gasteiger charge is -2.24. The number of anilines is 1. The molecule has 5 nitrogen and oxygen atoms in total. The van der Waals surface area contributed by atoms with Crippen LogP contribution in [0.3, 0.4) is 0 Å². The summed E-state index contributed by atoms with van der Waals surface area (Å²) in [5, 5.41) is 6.02. The van der Waals surface area contributed by atoms with E-state index < -0.39 is 6.10 Å². The molecule has 18 heavy (non-hydrogen) atoms. The van der Waals surface area contributed by atoms with Crippen LogP contribution in [0.25, 0.3) is 0 Å². The smallest absolute Gasteiger partial charge is 0.265 e. The van der Waals surface area contributed by atoms with Crippen molar-refractivity contribution in [1.29, 1.82) is 0 Å². The standard InChI is InChI=1S/C13H19N3O2/c1-3-15-7-10(14)9-4-5-12-11(6-9)16-13(17)8(2)18-12/h4-6,8,10,15H,3,7,14H2,1-2H3,(H,16,17). The molecule has 5 heteroatoms. The number of benzene rings is 1. The molecule has 0 saturated heterocycles. The Balaban J connectivity index is 2.17. The van der Waals surface area contributed by atoms with Crippen LogP contribution in [-0.2, 0) is 4.79 Å². The van der Waals surface area contributed by atoms with Crippen molar-refractivity contribution in [3.05, 3.63) is 23.8 Å². The lowest BCUT2D eigenvalue weighted by molar-refractivity contribution is -0.122. The number of nitrogens with one attached hydrogen (secondary N) is 2. The molecule has 1 heterocycles. The molecule has 1 aromatic carbocycles. The summed E-state index contributed by atoms with van der Waals surface area (Å²) < 4.78 is 5.49. The molecule has 1 aliphatic rings. The van der Waals surface area contributed by atoms with E-state index in [1.54, 1.807) is 6.92 Å². The summed E-state index contributed by atoms with van der Waals surface area (Å²) in [6.45, 7) is 5.36. The fourth-order valence-electron chi connectivity index (χ4n) is 1.87. The fraction of sp³-hybridized carbons (Fsp3) is 0.462. The first-order valence-corrected chi connectivity index (χ1v) is 6.19. The molecular formula is C13H19N3O2. The van der Waals surface area contributed by atoms with Crippen LogP contribution >= 0.6 is 0 Å². The van der Waals surface area contributed by atoms with Crippen LogP contribution in [0.1, 0.15) is 25.5 Å². The number of carbonyl (C=O) groups excluding carboxylic acids is 1. The second-order valence-electron chi connectivity index (χ2n) is 4.42. The van der Waals surface area contributed by atoms with Gasteiger partial charge in [0.2, 0.25) is 0 Å². The van der Waals surface area contributed by atoms with E-state index in [4.69, 9.17) is 10.5 Å². The van der Waals surface area contributed by atoms with Crippen LogP contribution in [0.5, 0.6) is 5.75 Å². The zero-order chi connectivity index (χ0) is 13.1. The van der Waals surface area contributed by atoms with Crippen molar-refractivity contribution in [2.75, 3.05) is 18.4 Å². The summed E-state index contributed by atoms with van der Waals surface area (Å²) in [4.78, 5) is 11.5. The van der Waals surface area contributed by atoms with E-state index in [0.29, 0.717) is 18.0 Å². The highest BCUT2D eigenvalue weighted by atomic mass is 16.5. The molecule has 98 valence electrons. The number of fused-ring (bicyclic) bond motifs is 1. The second-order valence-corrected chi connectivity index (χ2v) is 4.42. The van der Waals surface area contributed by atoms with Crippen LogP contribution in [0.4, 0.5) is 5.69 Å². The lowest BCUT2D eigenvalue weighted by atomic mass is 10.1. The van der Waals surface area contributed by atoms with Gasteiger partial charge in [0.05, 0.1) is 5.69 Å². The first kappa shape index (κ1) is 12.9. The zero-order valence-corrected chi connectivity index (χ0v) is 10.7. The van der Waals surface area contributed by atoms with Crippen LogP contribution in [0.15, 0.2) is 18.2 Å². The van der Waals surface area contributed by atoms with Gasteiger partial charge >= 0.3 is 0 Å². The van der Waals surface area contributed by atoms with Crippen molar-refractivity contribution in [1.82, 2.24) is 5.32 Å². The number of likely N-dealkylation sites (N-methyl/N-ethyl adjacent to an activating group) is 1. The Morgan fingerprint density at radius 3 is 3.06 bits per heavy atom. The first-order chi connectivity index (χ1) is 8.61. The molecule has 1 aromatic rings. The van der Waals surface area contributed by atoms with E-state index in [1.165, 1.54) is 0 Å². The van der Waals surface area contributed by atoms with Gasteiger partial charge in [-0.2, -0.15) is 0 Å². The zero-order valence-electron chi connectivity index (χ0n) is 10.7. The Morgan fingerprint density at radius 2 is 2.33 bits per heavy atom. The van der Waals surface area contributed by atoms with Gasteiger partial charge in [-0.3, -0.25) is 4.79 Å². The van der Waals surface area contributed by atoms with Crippen LogP contribution in [0, 0.1) is 0 Å². The summed E-state index contributed by atoms with van der Waals surface area (Å²) in [5.41, 5.74) is 7.74. The van der Waals surface area contributed by atoms with E-state index in [9.17, 15) is 4.79 Å². The van der Waals surface area contributed by atoms with E-state index in [-0.39, 0.29) is 11.9 Å². The number of ether oxygens (including phenoxy) is 1. The van der Waals surface area contributed by atoms with Crippen LogP contribution in [0.2, 0.25) is 0 Å². The quantitative estimate of drug-likeness (QED) is 0.744.